The number of aryl methyl sites for hydroxylation is 1. The van der Waals surface area contributed by atoms with Crippen molar-refractivity contribution < 1.29 is 0 Å². The van der Waals surface area contributed by atoms with E-state index in [2.05, 4.69) is 25.2 Å². The molecule has 0 saturated carbocycles. The van der Waals surface area contributed by atoms with Gasteiger partial charge in [-0.25, -0.2) is 0 Å². The number of halogens is 1. The standard InChI is InChI=1S/C10H14ClN/c1-3-12-7-9-6-10(11)5-4-8(9)2/h4-6,12H,3,7H2,1-2H3. The molecule has 1 rings (SSSR count). The molecule has 0 amide bonds. The van der Waals surface area contributed by atoms with E-state index in [4.69, 9.17) is 11.6 Å². The number of nitrogens with one attached hydrogen (secondary N) is 1. The first kappa shape index (κ1) is 9.56. The van der Waals surface area contributed by atoms with Gasteiger partial charge in [-0.05, 0) is 36.7 Å². The molecular weight excluding hydrogens is 170 g/mol. The largest absolute Gasteiger partial charge is 0.313 e. The van der Waals surface area contributed by atoms with Gasteiger partial charge in [-0.1, -0.05) is 24.6 Å². The van der Waals surface area contributed by atoms with Gasteiger partial charge in [0.25, 0.3) is 0 Å². The number of rotatable bonds is 3. The van der Waals surface area contributed by atoms with Gasteiger partial charge in [-0.2, -0.15) is 0 Å². The quantitative estimate of drug-likeness (QED) is 0.760. The molecule has 0 aromatic heterocycles. The molecule has 0 bridgehead atoms. The van der Waals surface area contributed by atoms with Crippen molar-refractivity contribution in [2.24, 2.45) is 0 Å². The first-order chi connectivity index (χ1) is 5.74. The molecule has 66 valence electrons. The Bertz CT molecular complexity index is 258. The zero-order valence-electron chi connectivity index (χ0n) is 7.52. The third-order valence-electron chi connectivity index (χ3n) is 1.88. The van der Waals surface area contributed by atoms with Crippen LogP contribution < -0.4 is 5.32 Å². The lowest BCUT2D eigenvalue weighted by Gasteiger charge is -2.06. The SMILES string of the molecule is CCNCc1cc(Cl)ccc1C. The molecule has 1 N–H and O–H groups in total. The van der Waals surface area contributed by atoms with Crippen molar-refractivity contribution in [2.75, 3.05) is 6.54 Å². The molecule has 0 radical (unpaired) electrons. The highest BCUT2D eigenvalue weighted by Crippen LogP contribution is 2.14. The van der Waals surface area contributed by atoms with Gasteiger partial charge in [0, 0.05) is 11.6 Å². The summed E-state index contributed by atoms with van der Waals surface area (Å²) < 4.78 is 0. The van der Waals surface area contributed by atoms with Crippen LogP contribution in [0.1, 0.15) is 18.1 Å². The van der Waals surface area contributed by atoms with E-state index in [0.717, 1.165) is 18.1 Å². The Hall–Kier alpha value is -0.530. The van der Waals surface area contributed by atoms with E-state index in [-0.39, 0.29) is 0 Å². The zero-order chi connectivity index (χ0) is 8.97. The molecule has 0 heterocycles. The Morgan fingerprint density at radius 2 is 2.17 bits per heavy atom. The fraction of sp³-hybridized carbons (Fsp3) is 0.400. The average molecular weight is 184 g/mol. The van der Waals surface area contributed by atoms with Crippen molar-refractivity contribution in [1.29, 1.82) is 0 Å². The molecule has 1 aromatic carbocycles. The Morgan fingerprint density at radius 3 is 2.83 bits per heavy atom. The number of hydrogen-bond donors (Lipinski definition) is 1. The monoisotopic (exact) mass is 183 g/mol. The molecule has 0 aliphatic carbocycles. The first-order valence-corrected chi connectivity index (χ1v) is 4.57. The zero-order valence-corrected chi connectivity index (χ0v) is 8.28. The van der Waals surface area contributed by atoms with Gasteiger partial charge in [-0.3, -0.25) is 0 Å². The van der Waals surface area contributed by atoms with Crippen LogP contribution in [0.3, 0.4) is 0 Å². The van der Waals surface area contributed by atoms with Gasteiger partial charge in [-0.15, -0.1) is 0 Å². The highest BCUT2D eigenvalue weighted by Gasteiger charge is 1.97. The molecular formula is C10H14ClN. The lowest BCUT2D eigenvalue weighted by molar-refractivity contribution is 0.723. The van der Waals surface area contributed by atoms with Crippen LogP contribution in [0.5, 0.6) is 0 Å². The molecule has 12 heavy (non-hydrogen) atoms. The molecule has 1 aromatic rings. The van der Waals surface area contributed by atoms with Crippen LogP contribution in [0.15, 0.2) is 18.2 Å². The highest BCUT2D eigenvalue weighted by atomic mass is 35.5. The van der Waals surface area contributed by atoms with Gasteiger partial charge < -0.3 is 5.32 Å². The fourth-order valence-corrected chi connectivity index (χ4v) is 1.28. The Labute approximate surface area is 78.7 Å². The number of hydrogen-bond acceptors (Lipinski definition) is 1. The van der Waals surface area contributed by atoms with Crippen molar-refractivity contribution in [1.82, 2.24) is 5.32 Å². The maximum Gasteiger partial charge on any atom is 0.0409 e. The predicted octanol–water partition coefficient (Wildman–Crippen LogP) is 2.76. The lowest BCUT2D eigenvalue weighted by Crippen LogP contribution is -2.12. The minimum atomic E-state index is 0.813. The van der Waals surface area contributed by atoms with Gasteiger partial charge in [0.1, 0.15) is 0 Å². The summed E-state index contributed by atoms with van der Waals surface area (Å²) in [7, 11) is 0. The second-order valence-corrected chi connectivity index (χ2v) is 3.29. The van der Waals surface area contributed by atoms with Crippen molar-refractivity contribution in [3.63, 3.8) is 0 Å². The summed E-state index contributed by atoms with van der Waals surface area (Å²) in [6, 6.07) is 5.99. The Balaban J connectivity index is 2.75. The highest BCUT2D eigenvalue weighted by molar-refractivity contribution is 6.30. The molecule has 0 unspecified atom stereocenters. The second-order valence-electron chi connectivity index (χ2n) is 2.85. The van der Waals surface area contributed by atoms with Crippen molar-refractivity contribution in [2.45, 2.75) is 20.4 Å². The second kappa shape index (κ2) is 4.48. The third kappa shape index (κ3) is 2.50. The molecule has 0 fully saturated rings. The Kier molecular flexibility index (Phi) is 3.57. The molecule has 0 saturated heterocycles. The van der Waals surface area contributed by atoms with E-state index >= 15 is 0 Å². The maximum absolute atomic E-state index is 5.87. The molecule has 0 atom stereocenters. The van der Waals surface area contributed by atoms with Crippen molar-refractivity contribution in [3.05, 3.63) is 34.3 Å². The summed E-state index contributed by atoms with van der Waals surface area (Å²) in [4.78, 5) is 0. The van der Waals surface area contributed by atoms with Crippen LogP contribution in [-0.2, 0) is 6.54 Å². The summed E-state index contributed by atoms with van der Waals surface area (Å²) in [5.41, 5.74) is 2.57. The van der Waals surface area contributed by atoms with Crippen molar-refractivity contribution in [3.8, 4) is 0 Å². The summed E-state index contributed by atoms with van der Waals surface area (Å²) in [6.45, 7) is 6.09. The summed E-state index contributed by atoms with van der Waals surface area (Å²) >= 11 is 5.87. The van der Waals surface area contributed by atoms with Gasteiger partial charge in [0.15, 0.2) is 0 Å². The molecule has 0 spiro atoms. The third-order valence-corrected chi connectivity index (χ3v) is 2.11. The van der Waals surface area contributed by atoms with E-state index in [1.807, 2.05) is 12.1 Å². The van der Waals surface area contributed by atoms with Crippen LogP contribution >= 0.6 is 11.6 Å². The van der Waals surface area contributed by atoms with Crippen LogP contribution in [0.4, 0.5) is 0 Å². The van der Waals surface area contributed by atoms with E-state index in [1.54, 1.807) is 0 Å². The topological polar surface area (TPSA) is 12.0 Å². The summed E-state index contributed by atoms with van der Waals surface area (Å²) in [5, 5.41) is 4.09. The normalized spacial score (nSPS) is 10.2. The molecule has 0 aliphatic rings. The van der Waals surface area contributed by atoms with Gasteiger partial charge >= 0.3 is 0 Å². The first-order valence-electron chi connectivity index (χ1n) is 4.19. The summed E-state index contributed by atoms with van der Waals surface area (Å²) in [5.74, 6) is 0. The summed E-state index contributed by atoms with van der Waals surface area (Å²) in [6.07, 6.45) is 0. The fourth-order valence-electron chi connectivity index (χ4n) is 1.09. The minimum absolute atomic E-state index is 0.813. The Morgan fingerprint density at radius 1 is 1.42 bits per heavy atom. The number of benzene rings is 1. The molecule has 2 heteroatoms. The smallest absolute Gasteiger partial charge is 0.0409 e. The minimum Gasteiger partial charge on any atom is -0.313 e. The molecule has 0 aliphatic heterocycles. The average Bonchev–Trinajstić information content (AvgIpc) is 2.07. The van der Waals surface area contributed by atoms with E-state index in [1.165, 1.54) is 11.1 Å². The van der Waals surface area contributed by atoms with Gasteiger partial charge in [0.05, 0.1) is 0 Å². The van der Waals surface area contributed by atoms with E-state index in [0.29, 0.717) is 0 Å². The van der Waals surface area contributed by atoms with Crippen LogP contribution in [0, 0.1) is 6.92 Å². The van der Waals surface area contributed by atoms with Crippen LogP contribution in [0.2, 0.25) is 5.02 Å². The van der Waals surface area contributed by atoms with E-state index in [9.17, 15) is 0 Å². The lowest BCUT2D eigenvalue weighted by atomic mass is 10.1. The van der Waals surface area contributed by atoms with Gasteiger partial charge in [0.2, 0.25) is 0 Å². The van der Waals surface area contributed by atoms with Crippen LogP contribution in [0.25, 0.3) is 0 Å². The van der Waals surface area contributed by atoms with Crippen LogP contribution in [-0.4, -0.2) is 6.54 Å². The van der Waals surface area contributed by atoms with Crippen molar-refractivity contribution >= 4 is 11.6 Å². The maximum atomic E-state index is 5.87. The molecule has 1 nitrogen and oxygen atoms in total. The van der Waals surface area contributed by atoms with E-state index < -0.39 is 0 Å². The predicted molar refractivity (Wildman–Crippen MR) is 53.6 cm³/mol.